The van der Waals surface area contributed by atoms with Crippen molar-refractivity contribution in [1.29, 1.82) is 0 Å². The summed E-state index contributed by atoms with van der Waals surface area (Å²) in [6.07, 6.45) is 0. The summed E-state index contributed by atoms with van der Waals surface area (Å²) in [5, 5.41) is 4.02. The van der Waals surface area contributed by atoms with Crippen LogP contribution >= 0.6 is 11.8 Å². The van der Waals surface area contributed by atoms with Crippen molar-refractivity contribution < 1.29 is 0 Å². The molecule has 1 N–H and O–H groups in total. The molecule has 1 atom stereocenters. The molecule has 1 fully saturated rings. The quantitative estimate of drug-likeness (QED) is 0.736. The van der Waals surface area contributed by atoms with Gasteiger partial charge < -0.3 is 5.32 Å². The van der Waals surface area contributed by atoms with E-state index < -0.39 is 0 Å². The fourth-order valence-electron chi connectivity index (χ4n) is 1.80. The normalized spacial score (nSPS) is 22.2. The van der Waals surface area contributed by atoms with Crippen LogP contribution in [0.2, 0.25) is 0 Å². The molecule has 0 bridgehead atoms. The van der Waals surface area contributed by atoms with Gasteiger partial charge in [-0.15, -0.1) is 11.8 Å². The number of rotatable bonds is 1. The monoisotopic (exact) mass is 193 g/mol. The molecule has 1 nitrogen and oxygen atoms in total. The van der Waals surface area contributed by atoms with Gasteiger partial charge in [-0.05, 0) is 19.4 Å². The van der Waals surface area contributed by atoms with Gasteiger partial charge in [0.15, 0.2) is 0 Å². The summed E-state index contributed by atoms with van der Waals surface area (Å²) in [6, 6.07) is 6.79. The van der Waals surface area contributed by atoms with Crippen LogP contribution in [0, 0.1) is 13.8 Å². The minimum atomic E-state index is 0.526. The minimum Gasteiger partial charge on any atom is -0.301 e. The molecule has 1 saturated heterocycles. The molecular weight excluding hydrogens is 178 g/mol. The summed E-state index contributed by atoms with van der Waals surface area (Å²) in [5.74, 6) is 1.23. The van der Waals surface area contributed by atoms with E-state index >= 15 is 0 Å². The van der Waals surface area contributed by atoms with Crippen LogP contribution in [-0.2, 0) is 0 Å². The average Bonchev–Trinajstić information content (AvgIpc) is 2.53. The maximum absolute atomic E-state index is 3.49. The van der Waals surface area contributed by atoms with Crippen molar-refractivity contribution in [3.63, 3.8) is 0 Å². The third-order valence-electron chi connectivity index (χ3n) is 2.26. The maximum atomic E-state index is 3.49. The van der Waals surface area contributed by atoms with Crippen molar-refractivity contribution in [2.24, 2.45) is 0 Å². The Bertz CT molecular complexity index is 283. The second-order valence-corrected chi connectivity index (χ2v) is 4.84. The molecule has 0 amide bonds. The summed E-state index contributed by atoms with van der Waals surface area (Å²) in [4.78, 5) is 0. The van der Waals surface area contributed by atoms with E-state index in [1.165, 1.54) is 22.4 Å². The van der Waals surface area contributed by atoms with Crippen LogP contribution in [-0.4, -0.2) is 12.3 Å². The number of hydrogen-bond acceptors (Lipinski definition) is 2. The minimum absolute atomic E-state index is 0.526. The van der Waals surface area contributed by atoms with Gasteiger partial charge in [-0.25, -0.2) is 0 Å². The third-order valence-corrected chi connectivity index (χ3v) is 3.48. The van der Waals surface area contributed by atoms with Crippen molar-refractivity contribution in [2.75, 3.05) is 12.3 Å². The molecule has 0 aromatic heterocycles. The van der Waals surface area contributed by atoms with Crippen molar-refractivity contribution in [1.82, 2.24) is 5.32 Å². The lowest BCUT2D eigenvalue weighted by Crippen LogP contribution is -2.12. The van der Waals surface area contributed by atoms with Gasteiger partial charge in [0, 0.05) is 12.3 Å². The first-order chi connectivity index (χ1) is 6.25. The summed E-state index contributed by atoms with van der Waals surface area (Å²) in [6.45, 7) is 5.47. The first kappa shape index (κ1) is 9.10. The SMILES string of the molecule is Cc1cc(C)cc(C2NCCS2)c1. The average molecular weight is 193 g/mol. The molecule has 0 spiro atoms. The zero-order valence-electron chi connectivity index (χ0n) is 8.13. The standard InChI is InChI=1S/C11H15NS/c1-8-5-9(2)7-10(6-8)11-12-3-4-13-11/h5-7,11-12H,3-4H2,1-2H3. The smallest absolute Gasteiger partial charge is 0.0790 e. The Morgan fingerprint density at radius 3 is 2.46 bits per heavy atom. The predicted octanol–water partition coefficient (Wildman–Crippen LogP) is 2.64. The number of hydrogen-bond donors (Lipinski definition) is 1. The Labute approximate surface area is 83.9 Å². The Hall–Kier alpha value is -0.470. The third kappa shape index (κ3) is 2.06. The van der Waals surface area contributed by atoms with E-state index in [-0.39, 0.29) is 0 Å². The van der Waals surface area contributed by atoms with Crippen molar-refractivity contribution in [3.05, 3.63) is 34.9 Å². The Morgan fingerprint density at radius 2 is 1.92 bits per heavy atom. The lowest BCUT2D eigenvalue weighted by molar-refractivity contribution is 0.750. The fourth-order valence-corrected chi connectivity index (χ4v) is 2.84. The van der Waals surface area contributed by atoms with Crippen molar-refractivity contribution in [3.8, 4) is 0 Å². The second-order valence-electron chi connectivity index (χ2n) is 3.63. The van der Waals surface area contributed by atoms with E-state index in [0.29, 0.717) is 5.37 Å². The van der Waals surface area contributed by atoms with Gasteiger partial charge in [0.25, 0.3) is 0 Å². The second kappa shape index (κ2) is 3.72. The van der Waals surface area contributed by atoms with Crippen molar-refractivity contribution >= 4 is 11.8 Å². The molecule has 2 rings (SSSR count). The van der Waals surface area contributed by atoms with Crippen molar-refractivity contribution in [2.45, 2.75) is 19.2 Å². The number of aryl methyl sites for hydroxylation is 2. The summed E-state index contributed by atoms with van der Waals surface area (Å²) in [7, 11) is 0. The van der Waals surface area contributed by atoms with E-state index in [2.05, 4.69) is 37.4 Å². The highest BCUT2D eigenvalue weighted by Gasteiger charge is 2.16. The fraction of sp³-hybridized carbons (Fsp3) is 0.455. The highest BCUT2D eigenvalue weighted by atomic mass is 32.2. The molecular formula is C11H15NS. The van der Waals surface area contributed by atoms with Crippen LogP contribution in [0.3, 0.4) is 0 Å². The highest BCUT2D eigenvalue weighted by molar-refractivity contribution is 7.99. The molecule has 2 heteroatoms. The van der Waals surface area contributed by atoms with Gasteiger partial charge in [-0.2, -0.15) is 0 Å². The molecule has 13 heavy (non-hydrogen) atoms. The lowest BCUT2D eigenvalue weighted by atomic mass is 10.1. The van der Waals surface area contributed by atoms with E-state index in [9.17, 15) is 0 Å². The first-order valence-corrected chi connectivity index (χ1v) is 5.74. The number of thioether (sulfide) groups is 1. The molecule has 1 unspecified atom stereocenters. The van der Waals surface area contributed by atoms with Gasteiger partial charge in [-0.3, -0.25) is 0 Å². The highest BCUT2D eigenvalue weighted by Crippen LogP contribution is 2.30. The Balaban J connectivity index is 2.28. The molecule has 70 valence electrons. The lowest BCUT2D eigenvalue weighted by Gasteiger charge is -2.11. The molecule has 0 saturated carbocycles. The summed E-state index contributed by atoms with van der Waals surface area (Å²) < 4.78 is 0. The summed E-state index contributed by atoms with van der Waals surface area (Å²) >= 11 is 2.00. The van der Waals surface area contributed by atoms with E-state index in [4.69, 9.17) is 0 Å². The Morgan fingerprint density at radius 1 is 1.23 bits per heavy atom. The summed E-state index contributed by atoms with van der Waals surface area (Å²) in [5.41, 5.74) is 4.16. The van der Waals surface area contributed by atoms with Crippen LogP contribution < -0.4 is 5.32 Å². The van der Waals surface area contributed by atoms with Crippen LogP contribution in [0.25, 0.3) is 0 Å². The van der Waals surface area contributed by atoms with E-state index in [1.54, 1.807) is 0 Å². The molecule has 1 aliphatic rings. The molecule has 0 radical (unpaired) electrons. The molecule has 0 aliphatic carbocycles. The van der Waals surface area contributed by atoms with Gasteiger partial charge >= 0.3 is 0 Å². The number of nitrogens with one attached hydrogen (secondary N) is 1. The zero-order valence-corrected chi connectivity index (χ0v) is 8.95. The topological polar surface area (TPSA) is 12.0 Å². The Kier molecular flexibility index (Phi) is 2.61. The molecule has 1 aliphatic heterocycles. The van der Waals surface area contributed by atoms with Gasteiger partial charge in [-0.1, -0.05) is 29.3 Å². The van der Waals surface area contributed by atoms with Crippen LogP contribution in [0.1, 0.15) is 22.1 Å². The maximum Gasteiger partial charge on any atom is 0.0790 e. The van der Waals surface area contributed by atoms with E-state index in [0.717, 1.165) is 6.54 Å². The largest absolute Gasteiger partial charge is 0.301 e. The molecule has 1 aromatic carbocycles. The number of benzene rings is 1. The van der Waals surface area contributed by atoms with Gasteiger partial charge in [0.2, 0.25) is 0 Å². The zero-order chi connectivity index (χ0) is 9.26. The van der Waals surface area contributed by atoms with Crippen LogP contribution in [0.5, 0.6) is 0 Å². The van der Waals surface area contributed by atoms with E-state index in [1.807, 2.05) is 11.8 Å². The predicted molar refractivity (Wildman–Crippen MR) is 59.1 cm³/mol. The molecule has 1 heterocycles. The first-order valence-electron chi connectivity index (χ1n) is 4.69. The van der Waals surface area contributed by atoms with Crippen LogP contribution in [0.15, 0.2) is 18.2 Å². The molecule has 1 aromatic rings. The van der Waals surface area contributed by atoms with Gasteiger partial charge in [0.1, 0.15) is 0 Å². The van der Waals surface area contributed by atoms with Crippen LogP contribution in [0.4, 0.5) is 0 Å². The van der Waals surface area contributed by atoms with Gasteiger partial charge in [0.05, 0.1) is 5.37 Å².